The highest BCUT2D eigenvalue weighted by Gasteiger charge is 2.22. The summed E-state index contributed by atoms with van der Waals surface area (Å²) in [7, 11) is 0. The number of nitrogens with one attached hydrogen (secondary N) is 2. The lowest BCUT2D eigenvalue weighted by Gasteiger charge is -2.35. The summed E-state index contributed by atoms with van der Waals surface area (Å²) >= 11 is 1.39. The van der Waals surface area contributed by atoms with Gasteiger partial charge in [-0.25, -0.2) is 0 Å². The first-order chi connectivity index (χ1) is 11.0. The van der Waals surface area contributed by atoms with E-state index in [-0.39, 0.29) is 5.91 Å². The summed E-state index contributed by atoms with van der Waals surface area (Å²) in [6, 6.07) is 0. The predicted octanol–water partition coefficient (Wildman–Crippen LogP) is 0.947. The van der Waals surface area contributed by atoms with Crippen LogP contribution in [-0.2, 0) is 4.79 Å². The zero-order valence-corrected chi connectivity index (χ0v) is 14.4. The van der Waals surface area contributed by atoms with Gasteiger partial charge in [-0.3, -0.25) is 20.1 Å². The van der Waals surface area contributed by atoms with Crippen molar-refractivity contribution in [2.75, 3.05) is 42.9 Å². The number of H-pyrrole nitrogens is 1. The number of aromatic nitrogens is 4. The summed E-state index contributed by atoms with van der Waals surface area (Å²) < 4.78 is 0. The lowest BCUT2D eigenvalue weighted by molar-refractivity contribution is -0.117. The van der Waals surface area contributed by atoms with Crippen LogP contribution in [0, 0.1) is 20.8 Å². The highest BCUT2D eigenvalue weighted by molar-refractivity contribution is 7.15. The molecule has 1 saturated heterocycles. The van der Waals surface area contributed by atoms with Gasteiger partial charge in [-0.15, -0.1) is 10.2 Å². The number of rotatable bonds is 4. The Bertz CT molecular complexity index is 668. The van der Waals surface area contributed by atoms with E-state index in [1.807, 2.05) is 20.8 Å². The maximum Gasteiger partial charge on any atom is 0.240 e. The number of aryl methyl sites for hydroxylation is 3. The monoisotopic (exact) mass is 335 g/mol. The molecule has 3 heterocycles. The van der Waals surface area contributed by atoms with E-state index in [1.165, 1.54) is 17.0 Å². The largest absolute Gasteiger partial charge is 0.366 e. The Morgan fingerprint density at radius 2 is 1.96 bits per heavy atom. The maximum atomic E-state index is 12.1. The van der Waals surface area contributed by atoms with Gasteiger partial charge in [-0.1, -0.05) is 11.3 Å². The molecular weight excluding hydrogens is 314 g/mol. The second-order valence-electron chi connectivity index (χ2n) is 5.72. The highest BCUT2D eigenvalue weighted by atomic mass is 32.1. The third-order valence-corrected chi connectivity index (χ3v) is 4.67. The molecule has 23 heavy (non-hydrogen) atoms. The average Bonchev–Trinajstić information content (AvgIpc) is 3.06. The van der Waals surface area contributed by atoms with Crippen LogP contribution in [0.4, 0.5) is 10.8 Å². The number of hydrogen-bond acceptors (Lipinski definition) is 7. The van der Waals surface area contributed by atoms with Gasteiger partial charge in [0.1, 0.15) is 5.01 Å². The molecule has 1 amide bonds. The molecule has 2 aromatic heterocycles. The van der Waals surface area contributed by atoms with Crippen molar-refractivity contribution in [3.8, 4) is 0 Å². The molecule has 2 N–H and O–H groups in total. The lowest BCUT2D eigenvalue weighted by Crippen LogP contribution is -2.49. The molecule has 0 spiro atoms. The molecule has 8 nitrogen and oxygen atoms in total. The number of nitrogens with zero attached hydrogens (tertiary/aromatic N) is 5. The van der Waals surface area contributed by atoms with E-state index < -0.39 is 0 Å². The fourth-order valence-corrected chi connectivity index (χ4v) is 3.46. The first kappa shape index (κ1) is 15.9. The van der Waals surface area contributed by atoms with Gasteiger partial charge in [-0.05, 0) is 20.8 Å². The Morgan fingerprint density at radius 3 is 2.52 bits per heavy atom. The molecule has 9 heteroatoms. The molecule has 3 rings (SSSR count). The minimum atomic E-state index is -0.0368. The SMILES string of the molecule is Cc1nnc(NC(=O)CN2CCN(c3c(C)n[nH]c3C)CC2)s1. The molecule has 2 aromatic rings. The van der Waals surface area contributed by atoms with E-state index in [1.54, 1.807) is 0 Å². The second kappa shape index (κ2) is 6.63. The van der Waals surface area contributed by atoms with Gasteiger partial charge < -0.3 is 4.90 Å². The fraction of sp³-hybridized carbons (Fsp3) is 0.571. The lowest BCUT2D eigenvalue weighted by atomic mass is 10.2. The van der Waals surface area contributed by atoms with E-state index in [4.69, 9.17) is 0 Å². The van der Waals surface area contributed by atoms with Crippen molar-refractivity contribution < 1.29 is 4.79 Å². The number of piperazine rings is 1. The first-order valence-corrected chi connectivity index (χ1v) is 8.43. The van der Waals surface area contributed by atoms with Crippen LogP contribution in [-0.4, -0.2) is 63.9 Å². The Balaban J connectivity index is 1.50. The van der Waals surface area contributed by atoms with Crippen LogP contribution in [0.15, 0.2) is 0 Å². The zero-order valence-electron chi connectivity index (χ0n) is 13.6. The number of carbonyl (C=O) groups is 1. The van der Waals surface area contributed by atoms with Gasteiger partial charge in [0.2, 0.25) is 11.0 Å². The average molecular weight is 335 g/mol. The standard InChI is InChI=1S/C14H21N7OS/c1-9-13(10(2)17-16-9)21-6-4-20(5-7-21)8-12(22)15-14-19-18-11(3)23-14/h4-8H2,1-3H3,(H,16,17)(H,15,19,22). The number of aromatic amines is 1. The minimum Gasteiger partial charge on any atom is -0.366 e. The summed E-state index contributed by atoms with van der Waals surface area (Å²) in [5.74, 6) is -0.0368. The Hall–Kier alpha value is -2.00. The quantitative estimate of drug-likeness (QED) is 0.864. The van der Waals surface area contributed by atoms with Gasteiger partial charge in [0.05, 0.1) is 23.6 Å². The number of hydrogen-bond donors (Lipinski definition) is 2. The van der Waals surface area contributed by atoms with Crippen LogP contribution in [0.2, 0.25) is 0 Å². The smallest absolute Gasteiger partial charge is 0.240 e. The van der Waals surface area contributed by atoms with Crippen LogP contribution in [0.25, 0.3) is 0 Å². The molecule has 0 aromatic carbocycles. The Kier molecular flexibility index (Phi) is 4.58. The molecule has 1 aliphatic heterocycles. The maximum absolute atomic E-state index is 12.1. The van der Waals surface area contributed by atoms with Crippen molar-refractivity contribution in [3.05, 3.63) is 16.4 Å². The zero-order chi connectivity index (χ0) is 16.4. The van der Waals surface area contributed by atoms with Crippen molar-refractivity contribution in [2.45, 2.75) is 20.8 Å². The van der Waals surface area contributed by atoms with Crippen molar-refractivity contribution in [1.82, 2.24) is 25.3 Å². The van der Waals surface area contributed by atoms with Crippen molar-refractivity contribution in [1.29, 1.82) is 0 Å². The summed E-state index contributed by atoms with van der Waals surface area (Å²) in [5.41, 5.74) is 3.32. The van der Waals surface area contributed by atoms with Gasteiger partial charge in [0.15, 0.2) is 0 Å². The van der Waals surface area contributed by atoms with Crippen LogP contribution in [0.5, 0.6) is 0 Å². The molecule has 0 atom stereocenters. The minimum absolute atomic E-state index is 0.0368. The van der Waals surface area contributed by atoms with E-state index >= 15 is 0 Å². The second-order valence-corrected chi connectivity index (χ2v) is 6.90. The van der Waals surface area contributed by atoms with Gasteiger partial charge in [0, 0.05) is 26.2 Å². The summed E-state index contributed by atoms with van der Waals surface area (Å²) in [4.78, 5) is 16.6. The third kappa shape index (κ3) is 3.67. The van der Waals surface area contributed by atoms with Crippen LogP contribution in [0.1, 0.15) is 16.4 Å². The first-order valence-electron chi connectivity index (χ1n) is 7.62. The van der Waals surface area contributed by atoms with Crippen molar-refractivity contribution in [3.63, 3.8) is 0 Å². The number of amides is 1. The molecular formula is C14H21N7OS. The van der Waals surface area contributed by atoms with Crippen molar-refractivity contribution in [2.24, 2.45) is 0 Å². The topological polar surface area (TPSA) is 90.0 Å². The Morgan fingerprint density at radius 1 is 1.22 bits per heavy atom. The van der Waals surface area contributed by atoms with Crippen LogP contribution in [0.3, 0.4) is 0 Å². The van der Waals surface area contributed by atoms with Crippen LogP contribution >= 0.6 is 11.3 Å². The molecule has 1 aliphatic rings. The number of carbonyl (C=O) groups excluding carboxylic acids is 1. The fourth-order valence-electron chi connectivity index (χ4n) is 2.85. The summed E-state index contributed by atoms with van der Waals surface area (Å²) in [6.45, 7) is 9.81. The number of anilines is 2. The van der Waals surface area contributed by atoms with E-state index in [0.29, 0.717) is 11.7 Å². The molecule has 0 bridgehead atoms. The van der Waals surface area contributed by atoms with Crippen LogP contribution < -0.4 is 10.2 Å². The Labute approximate surface area is 138 Å². The van der Waals surface area contributed by atoms with Gasteiger partial charge >= 0.3 is 0 Å². The normalized spacial score (nSPS) is 15.9. The van der Waals surface area contributed by atoms with Gasteiger partial charge in [-0.2, -0.15) is 5.10 Å². The molecule has 1 fully saturated rings. The van der Waals surface area contributed by atoms with Gasteiger partial charge in [0.25, 0.3) is 0 Å². The van der Waals surface area contributed by atoms with Crippen molar-refractivity contribution >= 4 is 28.1 Å². The molecule has 0 radical (unpaired) electrons. The highest BCUT2D eigenvalue weighted by Crippen LogP contribution is 2.23. The van der Waals surface area contributed by atoms with E-state index in [2.05, 4.69) is 35.5 Å². The third-order valence-electron chi connectivity index (χ3n) is 3.92. The molecule has 0 saturated carbocycles. The molecule has 124 valence electrons. The summed E-state index contributed by atoms with van der Waals surface area (Å²) in [6.07, 6.45) is 0. The molecule has 0 unspecified atom stereocenters. The molecule has 0 aliphatic carbocycles. The summed E-state index contributed by atoms with van der Waals surface area (Å²) in [5, 5.41) is 19.3. The predicted molar refractivity (Wildman–Crippen MR) is 90.0 cm³/mol. The van der Waals surface area contributed by atoms with E-state index in [0.717, 1.165) is 42.6 Å². The van der Waals surface area contributed by atoms with E-state index in [9.17, 15) is 4.79 Å².